The number of aromatic nitrogens is 3. The fraction of sp³-hybridized carbons (Fsp3) is 0.333. The van der Waals surface area contributed by atoms with Crippen LogP contribution in [0.3, 0.4) is 0 Å². The summed E-state index contributed by atoms with van der Waals surface area (Å²) in [5.74, 6) is 0.961. The largest absolute Gasteiger partial charge is 0.334 e. The Labute approximate surface area is 106 Å². The fourth-order valence-electron chi connectivity index (χ4n) is 1.89. The lowest BCUT2D eigenvalue weighted by molar-refractivity contribution is 0.590. The van der Waals surface area contributed by atoms with E-state index in [9.17, 15) is 0 Å². The third kappa shape index (κ3) is 2.33. The molecular weight excluding hydrogens is 236 g/mol. The molecule has 1 unspecified atom stereocenters. The van der Waals surface area contributed by atoms with Gasteiger partial charge in [0, 0.05) is 31.3 Å². The first-order valence-electron chi connectivity index (χ1n) is 5.55. The summed E-state index contributed by atoms with van der Waals surface area (Å²) >= 11 is 6.17. The number of rotatable bonds is 4. The van der Waals surface area contributed by atoms with Crippen LogP contribution < -0.4 is 5.32 Å². The predicted octanol–water partition coefficient (Wildman–Crippen LogP) is 2.26. The molecule has 4 nitrogen and oxygen atoms in total. The number of nitrogens with one attached hydrogen (secondary N) is 1. The van der Waals surface area contributed by atoms with Gasteiger partial charge >= 0.3 is 0 Å². The Morgan fingerprint density at radius 2 is 2.29 bits per heavy atom. The van der Waals surface area contributed by atoms with Crippen LogP contribution in [0.15, 0.2) is 30.9 Å². The summed E-state index contributed by atoms with van der Waals surface area (Å²) in [6.45, 7) is 2.97. The molecule has 2 heterocycles. The van der Waals surface area contributed by atoms with Gasteiger partial charge in [-0.3, -0.25) is 4.98 Å². The summed E-state index contributed by atoms with van der Waals surface area (Å²) in [7, 11) is 1.90. The minimum atomic E-state index is -0.0135. The van der Waals surface area contributed by atoms with Crippen molar-refractivity contribution in [2.24, 2.45) is 0 Å². The van der Waals surface area contributed by atoms with Crippen LogP contribution in [0.1, 0.15) is 24.4 Å². The van der Waals surface area contributed by atoms with Crippen molar-refractivity contribution in [3.63, 3.8) is 0 Å². The molecule has 1 N–H and O–H groups in total. The summed E-state index contributed by atoms with van der Waals surface area (Å²) < 4.78 is 2.10. The molecule has 0 spiro atoms. The van der Waals surface area contributed by atoms with E-state index < -0.39 is 0 Å². The lowest BCUT2D eigenvalue weighted by Crippen LogP contribution is -2.22. The van der Waals surface area contributed by atoms with Crippen LogP contribution in [0.5, 0.6) is 0 Å². The summed E-state index contributed by atoms with van der Waals surface area (Å²) in [6, 6.07) is 1.90. The van der Waals surface area contributed by atoms with Crippen LogP contribution in [0, 0.1) is 0 Å². The number of aryl methyl sites for hydroxylation is 1. The number of hydrogen-bond acceptors (Lipinski definition) is 3. The van der Waals surface area contributed by atoms with Crippen molar-refractivity contribution < 1.29 is 0 Å². The fourth-order valence-corrected chi connectivity index (χ4v) is 2.12. The zero-order valence-electron chi connectivity index (χ0n) is 9.89. The maximum atomic E-state index is 6.17. The molecule has 90 valence electrons. The first kappa shape index (κ1) is 12.1. The van der Waals surface area contributed by atoms with Gasteiger partial charge in [0.05, 0.1) is 11.1 Å². The van der Waals surface area contributed by atoms with Crippen molar-refractivity contribution in [2.45, 2.75) is 19.5 Å². The second-order valence-corrected chi connectivity index (χ2v) is 4.10. The molecule has 1 atom stereocenters. The Morgan fingerprint density at radius 1 is 1.47 bits per heavy atom. The smallest absolute Gasteiger partial charge is 0.130 e. The van der Waals surface area contributed by atoms with E-state index in [1.165, 1.54) is 0 Å². The minimum Gasteiger partial charge on any atom is -0.334 e. The van der Waals surface area contributed by atoms with Gasteiger partial charge < -0.3 is 9.88 Å². The molecule has 0 aliphatic heterocycles. The Morgan fingerprint density at radius 3 is 2.94 bits per heavy atom. The third-order valence-electron chi connectivity index (χ3n) is 2.75. The summed E-state index contributed by atoms with van der Waals surface area (Å²) in [4.78, 5) is 8.40. The SMILES string of the molecule is CCn1ccnc1C(NC)c1ccncc1Cl. The lowest BCUT2D eigenvalue weighted by Gasteiger charge is -2.18. The molecular formula is C12H15ClN4. The van der Waals surface area contributed by atoms with Crippen LogP contribution in [-0.4, -0.2) is 21.6 Å². The van der Waals surface area contributed by atoms with Crippen LogP contribution >= 0.6 is 11.6 Å². The molecule has 17 heavy (non-hydrogen) atoms. The second kappa shape index (κ2) is 5.29. The van der Waals surface area contributed by atoms with Gasteiger partial charge in [-0.25, -0.2) is 4.98 Å². The zero-order chi connectivity index (χ0) is 12.3. The van der Waals surface area contributed by atoms with Gasteiger partial charge in [0.1, 0.15) is 5.82 Å². The summed E-state index contributed by atoms with van der Waals surface area (Å²) in [5, 5.41) is 3.89. The molecule has 2 aromatic heterocycles. The lowest BCUT2D eigenvalue weighted by atomic mass is 10.1. The van der Waals surface area contributed by atoms with Gasteiger partial charge in [-0.15, -0.1) is 0 Å². The number of halogens is 1. The van der Waals surface area contributed by atoms with E-state index in [0.717, 1.165) is 17.9 Å². The molecule has 0 amide bonds. The molecule has 2 aromatic rings. The highest BCUT2D eigenvalue weighted by atomic mass is 35.5. The van der Waals surface area contributed by atoms with Gasteiger partial charge in [-0.05, 0) is 25.6 Å². The first-order chi connectivity index (χ1) is 8.27. The average Bonchev–Trinajstić information content (AvgIpc) is 2.81. The second-order valence-electron chi connectivity index (χ2n) is 3.69. The van der Waals surface area contributed by atoms with E-state index in [0.29, 0.717) is 5.02 Å². The van der Waals surface area contributed by atoms with E-state index >= 15 is 0 Å². The third-order valence-corrected chi connectivity index (χ3v) is 3.07. The maximum Gasteiger partial charge on any atom is 0.130 e. The Bertz CT molecular complexity index is 495. The number of hydrogen-bond donors (Lipinski definition) is 1. The van der Waals surface area contributed by atoms with E-state index in [-0.39, 0.29) is 6.04 Å². The highest BCUT2D eigenvalue weighted by Gasteiger charge is 2.19. The summed E-state index contributed by atoms with van der Waals surface area (Å²) in [6.07, 6.45) is 7.16. The highest BCUT2D eigenvalue weighted by molar-refractivity contribution is 6.31. The standard InChI is InChI=1S/C12H15ClN4/c1-3-17-7-6-16-12(17)11(14-2)9-4-5-15-8-10(9)13/h4-8,11,14H,3H2,1-2H3. The molecule has 0 saturated heterocycles. The normalized spacial score (nSPS) is 12.6. The van der Waals surface area contributed by atoms with E-state index in [1.54, 1.807) is 18.6 Å². The molecule has 0 aliphatic carbocycles. The molecule has 0 fully saturated rings. The molecule has 5 heteroatoms. The molecule has 2 rings (SSSR count). The number of nitrogens with zero attached hydrogens (tertiary/aromatic N) is 3. The Balaban J connectivity index is 2.44. The molecule has 0 bridgehead atoms. The van der Waals surface area contributed by atoms with Crippen molar-refractivity contribution in [3.05, 3.63) is 47.3 Å². The van der Waals surface area contributed by atoms with Crippen molar-refractivity contribution in [1.82, 2.24) is 19.9 Å². The van der Waals surface area contributed by atoms with Crippen LogP contribution in [0.4, 0.5) is 0 Å². The topological polar surface area (TPSA) is 42.7 Å². The van der Waals surface area contributed by atoms with Crippen LogP contribution in [0.2, 0.25) is 5.02 Å². The van der Waals surface area contributed by atoms with Crippen molar-refractivity contribution in [1.29, 1.82) is 0 Å². The first-order valence-corrected chi connectivity index (χ1v) is 5.93. The molecule has 0 aromatic carbocycles. The molecule has 0 aliphatic rings. The minimum absolute atomic E-state index is 0.0135. The monoisotopic (exact) mass is 250 g/mol. The Kier molecular flexibility index (Phi) is 3.76. The van der Waals surface area contributed by atoms with Gasteiger partial charge in [0.15, 0.2) is 0 Å². The van der Waals surface area contributed by atoms with Gasteiger partial charge in [0.25, 0.3) is 0 Å². The van der Waals surface area contributed by atoms with Gasteiger partial charge in [-0.1, -0.05) is 11.6 Å². The molecule has 0 radical (unpaired) electrons. The van der Waals surface area contributed by atoms with E-state index in [1.807, 2.05) is 19.3 Å². The highest BCUT2D eigenvalue weighted by Crippen LogP contribution is 2.26. The van der Waals surface area contributed by atoms with Gasteiger partial charge in [0.2, 0.25) is 0 Å². The average molecular weight is 251 g/mol. The van der Waals surface area contributed by atoms with Crippen molar-refractivity contribution in [2.75, 3.05) is 7.05 Å². The maximum absolute atomic E-state index is 6.17. The zero-order valence-corrected chi connectivity index (χ0v) is 10.6. The Hall–Kier alpha value is -1.39. The predicted molar refractivity (Wildman–Crippen MR) is 68.1 cm³/mol. The van der Waals surface area contributed by atoms with Gasteiger partial charge in [-0.2, -0.15) is 0 Å². The van der Waals surface area contributed by atoms with Crippen LogP contribution in [0.25, 0.3) is 0 Å². The van der Waals surface area contributed by atoms with Crippen LogP contribution in [-0.2, 0) is 6.54 Å². The molecule has 0 saturated carbocycles. The quantitative estimate of drug-likeness (QED) is 0.905. The van der Waals surface area contributed by atoms with Crippen molar-refractivity contribution in [3.8, 4) is 0 Å². The number of pyridine rings is 1. The van der Waals surface area contributed by atoms with Crippen molar-refractivity contribution >= 4 is 11.6 Å². The summed E-state index contributed by atoms with van der Waals surface area (Å²) in [5.41, 5.74) is 0.991. The van der Waals surface area contributed by atoms with E-state index in [2.05, 4.69) is 26.8 Å². The number of imidazole rings is 1. The van der Waals surface area contributed by atoms with E-state index in [4.69, 9.17) is 11.6 Å².